The molecule has 1 amide bonds. The number of carbonyl (C=O) groups is 1. The third-order valence-electron chi connectivity index (χ3n) is 5.47. The van der Waals surface area contributed by atoms with Gasteiger partial charge in [-0.15, -0.1) is 0 Å². The molecule has 1 saturated carbocycles. The van der Waals surface area contributed by atoms with Crippen LogP contribution in [0, 0.1) is 5.92 Å². The lowest BCUT2D eigenvalue weighted by Crippen LogP contribution is -2.44. The minimum Gasteiger partial charge on any atom is -0.389 e. The van der Waals surface area contributed by atoms with Crippen LogP contribution in [0.2, 0.25) is 0 Å². The highest BCUT2D eigenvalue weighted by Crippen LogP contribution is 2.32. The van der Waals surface area contributed by atoms with Crippen LogP contribution in [0.4, 0.5) is 5.69 Å². The quantitative estimate of drug-likeness (QED) is 0.799. The predicted molar refractivity (Wildman–Crippen MR) is 92.4 cm³/mol. The van der Waals surface area contributed by atoms with Crippen molar-refractivity contribution >= 4 is 11.6 Å². The first-order chi connectivity index (χ1) is 11.0. The summed E-state index contributed by atoms with van der Waals surface area (Å²) in [6.07, 6.45) is 5.39. The Bertz CT molecular complexity index is 577. The summed E-state index contributed by atoms with van der Waals surface area (Å²) in [5, 5.41) is 17.1. The smallest absolute Gasteiger partial charge is 0.224 e. The molecule has 1 aromatic carbocycles. The van der Waals surface area contributed by atoms with Crippen molar-refractivity contribution in [3.8, 4) is 0 Å². The third-order valence-corrected chi connectivity index (χ3v) is 5.47. The SMILES string of the molecule is CC1CCC(O)(CNC(C)c2ccc3c(c2)CCC(=O)N3)CC1. The molecule has 3 rings (SSSR count). The molecule has 1 aliphatic carbocycles. The summed E-state index contributed by atoms with van der Waals surface area (Å²) in [6, 6.07) is 6.44. The minimum absolute atomic E-state index is 0.102. The molecule has 0 saturated heterocycles. The molecule has 0 aromatic heterocycles. The van der Waals surface area contributed by atoms with Gasteiger partial charge in [-0.05, 0) is 62.1 Å². The molecule has 1 heterocycles. The van der Waals surface area contributed by atoms with Gasteiger partial charge in [0, 0.05) is 24.7 Å². The van der Waals surface area contributed by atoms with Crippen LogP contribution < -0.4 is 10.6 Å². The summed E-state index contributed by atoms with van der Waals surface area (Å²) in [4.78, 5) is 11.4. The van der Waals surface area contributed by atoms with Crippen molar-refractivity contribution in [2.24, 2.45) is 5.92 Å². The molecule has 0 radical (unpaired) electrons. The number of hydrogen-bond donors (Lipinski definition) is 3. The maximum absolute atomic E-state index is 11.4. The lowest BCUT2D eigenvalue weighted by atomic mass is 9.79. The maximum atomic E-state index is 11.4. The largest absolute Gasteiger partial charge is 0.389 e. The zero-order valence-electron chi connectivity index (χ0n) is 14.2. The number of amides is 1. The van der Waals surface area contributed by atoms with Crippen LogP contribution >= 0.6 is 0 Å². The Morgan fingerprint density at radius 3 is 2.83 bits per heavy atom. The van der Waals surface area contributed by atoms with Gasteiger partial charge in [-0.2, -0.15) is 0 Å². The number of aryl methyl sites for hydroxylation is 1. The lowest BCUT2D eigenvalue weighted by Gasteiger charge is -2.36. The number of rotatable bonds is 4. The summed E-state index contributed by atoms with van der Waals surface area (Å²) >= 11 is 0. The van der Waals surface area contributed by atoms with E-state index >= 15 is 0 Å². The number of benzene rings is 1. The molecule has 1 atom stereocenters. The zero-order chi connectivity index (χ0) is 16.4. The van der Waals surface area contributed by atoms with E-state index in [1.807, 2.05) is 6.07 Å². The van der Waals surface area contributed by atoms with Gasteiger partial charge in [0.05, 0.1) is 5.60 Å². The fraction of sp³-hybridized carbons (Fsp3) is 0.632. The van der Waals surface area contributed by atoms with E-state index in [0.717, 1.165) is 43.7 Å². The van der Waals surface area contributed by atoms with Crippen molar-refractivity contribution in [1.82, 2.24) is 5.32 Å². The number of fused-ring (bicyclic) bond motifs is 1. The molecule has 1 fully saturated rings. The van der Waals surface area contributed by atoms with Crippen LogP contribution in [0.15, 0.2) is 18.2 Å². The molecule has 23 heavy (non-hydrogen) atoms. The summed E-state index contributed by atoms with van der Waals surface area (Å²) in [5.74, 6) is 0.841. The molecule has 1 aromatic rings. The van der Waals surface area contributed by atoms with Gasteiger partial charge in [-0.25, -0.2) is 0 Å². The Hall–Kier alpha value is -1.39. The molecule has 0 bridgehead atoms. The molecular weight excluding hydrogens is 288 g/mol. The van der Waals surface area contributed by atoms with Gasteiger partial charge in [-0.3, -0.25) is 4.79 Å². The number of anilines is 1. The van der Waals surface area contributed by atoms with E-state index in [2.05, 4.69) is 36.6 Å². The molecule has 1 unspecified atom stereocenters. The maximum Gasteiger partial charge on any atom is 0.224 e. The fourth-order valence-corrected chi connectivity index (χ4v) is 3.61. The summed E-state index contributed by atoms with van der Waals surface area (Å²) < 4.78 is 0. The van der Waals surface area contributed by atoms with E-state index in [0.29, 0.717) is 13.0 Å². The van der Waals surface area contributed by atoms with Gasteiger partial charge in [-0.1, -0.05) is 19.1 Å². The van der Waals surface area contributed by atoms with Crippen molar-refractivity contribution in [2.75, 3.05) is 11.9 Å². The second-order valence-electron chi connectivity index (χ2n) is 7.47. The average Bonchev–Trinajstić information content (AvgIpc) is 2.55. The normalized spacial score (nSPS) is 28.8. The predicted octanol–water partition coefficient (Wildman–Crippen LogP) is 3.16. The van der Waals surface area contributed by atoms with Gasteiger partial charge in [0.1, 0.15) is 0 Å². The average molecular weight is 316 g/mol. The van der Waals surface area contributed by atoms with E-state index in [4.69, 9.17) is 0 Å². The van der Waals surface area contributed by atoms with E-state index in [9.17, 15) is 9.90 Å². The Balaban J connectivity index is 1.60. The monoisotopic (exact) mass is 316 g/mol. The van der Waals surface area contributed by atoms with Gasteiger partial charge < -0.3 is 15.7 Å². The molecular formula is C19H28N2O2. The number of nitrogens with one attached hydrogen (secondary N) is 2. The molecule has 4 nitrogen and oxygen atoms in total. The lowest BCUT2D eigenvalue weighted by molar-refractivity contribution is -0.116. The number of hydrogen-bond acceptors (Lipinski definition) is 3. The van der Waals surface area contributed by atoms with Crippen LogP contribution in [0.5, 0.6) is 0 Å². The summed E-state index contributed by atoms with van der Waals surface area (Å²) in [7, 11) is 0. The molecule has 4 heteroatoms. The topological polar surface area (TPSA) is 61.4 Å². The molecule has 3 N–H and O–H groups in total. The Labute approximate surface area is 138 Å². The van der Waals surface area contributed by atoms with E-state index in [1.165, 1.54) is 11.1 Å². The number of aliphatic hydroxyl groups is 1. The van der Waals surface area contributed by atoms with Crippen molar-refractivity contribution < 1.29 is 9.90 Å². The minimum atomic E-state index is -0.553. The first-order valence-corrected chi connectivity index (χ1v) is 8.84. The van der Waals surface area contributed by atoms with Crippen LogP contribution in [0.3, 0.4) is 0 Å². The van der Waals surface area contributed by atoms with Crippen molar-refractivity contribution in [2.45, 2.75) is 64.0 Å². The second kappa shape index (κ2) is 6.62. The van der Waals surface area contributed by atoms with Crippen LogP contribution in [0.1, 0.15) is 63.1 Å². The summed E-state index contributed by atoms with van der Waals surface area (Å²) in [5.41, 5.74) is 2.81. The Morgan fingerprint density at radius 1 is 1.35 bits per heavy atom. The fourth-order valence-electron chi connectivity index (χ4n) is 3.61. The van der Waals surface area contributed by atoms with Crippen molar-refractivity contribution in [3.63, 3.8) is 0 Å². The van der Waals surface area contributed by atoms with Gasteiger partial charge in [0.2, 0.25) is 5.91 Å². The molecule has 126 valence electrons. The zero-order valence-corrected chi connectivity index (χ0v) is 14.2. The third kappa shape index (κ3) is 3.93. The highest BCUT2D eigenvalue weighted by molar-refractivity contribution is 5.93. The Morgan fingerprint density at radius 2 is 2.09 bits per heavy atom. The van der Waals surface area contributed by atoms with Gasteiger partial charge >= 0.3 is 0 Å². The number of carbonyl (C=O) groups excluding carboxylic acids is 1. The van der Waals surface area contributed by atoms with Gasteiger partial charge in [0.25, 0.3) is 0 Å². The first-order valence-electron chi connectivity index (χ1n) is 8.84. The highest BCUT2D eigenvalue weighted by atomic mass is 16.3. The molecule has 2 aliphatic rings. The standard InChI is InChI=1S/C19H28N2O2/c1-13-7-9-19(23,10-8-13)12-20-14(2)15-3-5-17-16(11-15)4-6-18(22)21-17/h3,5,11,13-14,20,23H,4,6-10,12H2,1-2H3,(H,21,22). The summed E-state index contributed by atoms with van der Waals surface area (Å²) in [6.45, 7) is 5.05. The van der Waals surface area contributed by atoms with Crippen molar-refractivity contribution in [1.29, 1.82) is 0 Å². The van der Waals surface area contributed by atoms with E-state index in [-0.39, 0.29) is 11.9 Å². The van der Waals surface area contributed by atoms with Crippen LogP contribution in [-0.2, 0) is 11.2 Å². The molecule has 0 spiro atoms. The van der Waals surface area contributed by atoms with Crippen LogP contribution in [0.25, 0.3) is 0 Å². The highest BCUT2D eigenvalue weighted by Gasteiger charge is 2.31. The molecule has 1 aliphatic heterocycles. The Kier molecular flexibility index (Phi) is 4.74. The first kappa shape index (κ1) is 16.5. The van der Waals surface area contributed by atoms with Crippen molar-refractivity contribution in [3.05, 3.63) is 29.3 Å². The van der Waals surface area contributed by atoms with E-state index < -0.39 is 5.60 Å². The van der Waals surface area contributed by atoms with Gasteiger partial charge in [0.15, 0.2) is 0 Å². The second-order valence-corrected chi connectivity index (χ2v) is 7.47. The van der Waals surface area contributed by atoms with E-state index in [1.54, 1.807) is 0 Å². The van der Waals surface area contributed by atoms with Crippen LogP contribution in [-0.4, -0.2) is 23.2 Å².